The van der Waals surface area contributed by atoms with Crippen LogP contribution in [0.15, 0.2) is 83.4 Å². The Balaban J connectivity index is 1.40. The summed E-state index contributed by atoms with van der Waals surface area (Å²) in [5.41, 5.74) is 8.11. The molecule has 0 fully saturated rings. The molecule has 0 saturated heterocycles. The Labute approximate surface area is 215 Å². The highest BCUT2D eigenvalue weighted by Crippen LogP contribution is 2.30. The number of carbonyl (C=O) groups is 1. The molecular weight excluding hydrogens is 470 g/mol. The van der Waals surface area contributed by atoms with Gasteiger partial charge in [0.25, 0.3) is 0 Å². The van der Waals surface area contributed by atoms with Crippen LogP contribution in [0.1, 0.15) is 39.6 Å². The van der Waals surface area contributed by atoms with Gasteiger partial charge in [-0.25, -0.2) is 4.98 Å². The smallest absolute Gasteiger partial charge is 0.229 e. The van der Waals surface area contributed by atoms with E-state index in [1.165, 1.54) is 0 Å². The highest BCUT2D eigenvalue weighted by atomic mass is 35.5. The Morgan fingerprint density at radius 3 is 2.53 bits per heavy atom. The molecule has 1 unspecified atom stereocenters. The zero-order valence-corrected chi connectivity index (χ0v) is 21.1. The van der Waals surface area contributed by atoms with Crippen molar-refractivity contribution in [1.82, 2.24) is 15.3 Å². The number of aromatic nitrogens is 2. The quantitative estimate of drug-likeness (QED) is 0.277. The van der Waals surface area contributed by atoms with Gasteiger partial charge in [-0.05, 0) is 78.9 Å². The third-order valence-corrected chi connectivity index (χ3v) is 6.60. The number of oxazole rings is 1. The Hall–Kier alpha value is -3.96. The van der Waals surface area contributed by atoms with Crippen LogP contribution in [0.4, 0.5) is 0 Å². The van der Waals surface area contributed by atoms with E-state index in [4.69, 9.17) is 21.0 Å². The van der Waals surface area contributed by atoms with Crippen LogP contribution < -0.4 is 5.32 Å². The average molecular weight is 496 g/mol. The van der Waals surface area contributed by atoms with E-state index in [0.29, 0.717) is 22.0 Å². The van der Waals surface area contributed by atoms with Crippen molar-refractivity contribution in [2.24, 2.45) is 0 Å². The largest absolute Gasteiger partial charge is 0.436 e. The van der Waals surface area contributed by atoms with Gasteiger partial charge in [0.05, 0.1) is 23.7 Å². The van der Waals surface area contributed by atoms with Gasteiger partial charge in [-0.2, -0.15) is 0 Å². The first-order valence-corrected chi connectivity index (χ1v) is 12.2. The predicted octanol–water partition coefficient (Wildman–Crippen LogP) is 6.92. The number of amides is 1. The summed E-state index contributed by atoms with van der Waals surface area (Å²) in [6.07, 6.45) is 2.00. The van der Waals surface area contributed by atoms with E-state index in [1.807, 2.05) is 93.6 Å². The average Bonchev–Trinajstić information content (AvgIpc) is 3.26. The van der Waals surface area contributed by atoms with Crippen molar-refractivity contribution in [1.29, 1.82) is 0 Å². The number of nitrogens with one attached hydrogen (secondary N) is 1. The van der Waals surface area contributed by atoms with Crippen LogP contribution in [0, 0.1) is 20.8 Å². The van der Waals surface area contributed by atoms with Gasteiger partial charge < -0.3 is 9.73 Å². The first-order valence-electron chi connectivity index (χ1n) is 11.8. The van der Waals surface area contributed by atoms with Crippen molar-refractivity contribution in [3.63, 3.8) is 0 Å². The lowest BCUT2D eigenvalue weighted by Crippen LogP contribution is -2.31. The molecule has 5 nitrogen and oxygen atoms in total. The van der Waals surface area contributed by atoms with Crippen molar-refractivity contribution in [3.05, 3.63) is 118 Å². The minimum absolute atomic E-state index is 0.0831. The van der Waals surface area contributed by atoms with Crippen molar-refractivity contribution in [3.8, 4) is 11.5 Å². The molecule has 2 aromatic heterocycles. The van der Waals surface area contributed by atoms with Gasteiger partial charge in [0.1, 0.15) is 5.52 Å². The summed E-state index contributed by atoms with van der Waals surface area (Å²) in [6.45, 7) is 5.96. The first-order chi connectivity index (χ1) is 17.4. The van der Waals surface area contributed by atoms with Crippen LogP contribution in [0.3, 0.4) is 0 Å². The second kappa shape index (κ2) is 9.96. The number of carbonyl (C=O) groups excluding carboxylic acids is 1. The second-order valence-electron chi connectivity index (χ2n) is 9.00. The fourth-order valence-corrected chi connectivity index (χ4v) is 4.78. The Kier molecular flexibility index (Phi) is 6.57. The molecule has 180 valence electrons. The predicted molar refractivity (Wildman–Crippen MR) is 143 cm³/mol. The summed E-state index contributed by atoms with van der Waals surface area (Å²) in [6, 6.07) is 23.0. The molecule has 5 rings (SSSR count). The summed E-state index contributed by atoms with van der Waals surface area (Å²) < 4.78 is 6.02. The number of halogens is 1. The molecule has 0 aliphatic heterocycles. The lowest BCUT2D eigenvalue weighted by Gasteiger charge is -2.22. The van der Waals surface area contributed by atoms with Gasteiger partial charge in [-0.15, -0.1) is 0 Å². The molecule has 0 radical (unpaired) electrons. The lowest BCUT2D eigenvalue weighted by molar-refractivity contribution is -0.120. The monoisotopic (exact) mass is 495 g/mol. The maximum Gasteiger partial charge on any atom is 0.229 e. The van der Waals surface area contributed by atoms with Crippen molar-refractivity contribution in [2.45, 2.75) is 33.2 Å². The summed E-state index contributed by atoms with van der Waals surface area (Å²) in [4.78, 5) is 22.3. The maximum absolute atomic E-state index is 13.2. The zero-order chi connectivity index (χ0) is 25.2. The van der Waals surface area contributed by atoms with Crippen LogP contribution in [-0.2, 0) is 11.2 Å². The highest BCUT2D eigenvalue weighted by Gasteiger charge is 2.20. The van der Waals surface area contributed by atoms with Gasteiger partial charge in [-0.3, -0.25) is 9.78 Å². The fourth-order valence-electron chi connectivity index (χ4n) is 4.55. The SMILES string of the molecule is Cc1cc(Cl)ccc1C(NC(=O)Cc1ccc2oc(-c3c(C)ccnc3C)nc2c1)c1ccccc1. The van der Waals surface area contributed by atoms with E-state index < -0.39 is 0 Å². The molecular formula is C30H26ClN3O2. The second-order valence-corrected chi connectivity index (χ2v) is 9.43. The van der Waals surface area contributed by atoms with Gasteiger partial charge in [0.2, 0.25) is 11.8 Å². The van der Waals surface area contributed by atoms with E-state index >= 15 is 0 Å². The molecule has 0 spiro atoms. The molecule has 1 N–H and O–H groups in total. The van der Waals surface area contributed by atoms with Crippen molar-refractivity contribution in [2.75, 3.05) is 0 Å². The van der Waals surface area contributed by atoms with E-state index in [9.17, 15) is 4.79 Å². The van der Waals surface area contributed by atoms with Gasteiger partial charge >= 0.3 is 0 Å². The third-order valence-electron chi connectivity index (χ3n) is 6.36. The van der Waals surface area contributed by atoms with Gasteiger partial charge in [0, 0.05) is 11.2 Å². The number of pyridine rings is 1. The van der Waals surface area contributed by atoms with Crippen LogP contribution in [-0.4, -0.2) is 15.9 Å². The summed E-state index contributed by atoms with van der Waals surface area (Å²) in [5, 5.41) is 3.89. The Morgan fingerprint density at radius 2 is 1.78 bits per heavy atom. The number of benzene rings is 3. The molecule has 2 heterocycles. The Bertz CT molecular complexity index is 1540. The van der Waals surface area contributed by atoms with Gasteiger partial charge in [0.15, 0.2) is 5.58 Å². The number of rotatable bonds is 6. The van der Waals surface area contributed by atoms with E-state index in [1.54, 1.807) is 6.20 Å². The number of fused-ring (bicyclic) bond motifs is 1. The minimum Gasteiger partial charge on any atom is -0.436 e. The number of hydrogen-bond acceptors (Lipinski definition) is 4. The molecule has 3 aromatic carbocycles. The molecule has 0 aliphatic rings. The van der Waals surface area contributed by atoms with Crippen LogP contribution in [0.2, 0.25) is 5.02 Å². The molecule has 1 amide bonds. The van der Waals surface area contributed by atoms with Crippen molar-refractivity contribution < 1.29 is 9.21 Å². The summed E-state index contributed by atoms with van der Waals surface area (Å²) >= 11 is 6.18. The van der Waals surface area contributed by atoms with E-state index in [2.05, 4.69) is 10.3 Å². The number of aryl methyl sites for hydroxylation is 3. The summed E-state index contributed by atoms with van der Waals surface area (Å²) in [7, 11) is 0. The standard InChI is InChI=1S/C30H26ClN3O2/c1-18-13-14-32-20(3)28(18)30-33-25-16-21(9-12-26(25)36-30)17-27(35)34-29(22-7-5-4-6-8-22)24-11-10-23(31)15-19(24)2/h4-16,29H,17H2,1-3H3,(H,34,35). The normalized spacial score (nSPS) is 12.0. The van der Waals surface area contributed by atoms with Crippen LogP contribution in [0.25, 0.3) is 22.6 Å². The van der Waals surface area contributed by atoms with E-state index in [0.717, 1.165) is 39.1 Å². The molecule has 0 saturated carbocycles. The minimum atomic E-state index is -0.283. The topological polar surface area (TPSA) is 68.0 Å². The first kappa shape index (κ1) is 23.8. The maximum atomic E-state index is 13.2. The molecule has 6 heteroatoms. The third kappa shape index (κ3) is 4.88. The highest BCUT2D eigenvalue weighted by molar-refractivity contribution is 6.30. The number of hydrogen-bond donors (Lipinski definition) is 1. The molecule has 0 aliphatic carbocycles. The molecule has 1 atom stereocenters. The molecule has 0 bridgehead atoms. The zero-order valence-electron chi connectivity index (χ0n) is 20.4. The summed E-state index contributed by atoms with van der Waals surface area (Å²) in [5.74, 6) is 0.456. The van der Waals surface area contributed by atoms with Crippen LogP contribution >= 0.6 is 11.6 Å². The molecule has 5 aromatic rings. The van der Waals surface area contributed by atoms with Crippen LogP contribution in [0.5, 0.6) is 0 Å². The molecule has 36 heavy (non-hydrogen) atoms. The van der Waals surface area contributed by atoms with Gasteiger partial charge in [-0.1, -0.05) is 54.1 Å². The van der Waals surface area contributed by atoms with E-state index in [-0.39, 0.29) is 18.4 Å². The Morgan fingerprint density at radius 1 is 0.972 bits per heavy atom. The fraction of sp³-hybridized carbons (Fsp3) is 0.167. The lowest BCUT2D eigenvalue weighted by atomic mass is 9.94. The van der Waals surface area contributed by atoms with Crippen molar-refractivity contribution >= 4 is 28.6 Å². The number of nitrogens with zero attached hydrogens (tertiary/aromatic N) is 2.